The van der Waals surface area contributed by atoms with Crippen molar-refractivity contribution in [2.24, 2.45) is 5.92 Å². The molecular formula is C15H23N3O. The first-order chi connectivity index (χ1) is 9.24. The Hall–Kier alpha value is -1.16. The molecule has 0 spiro atoms. The van der Waals surface area contributed by atoms with Gasteiger partial charge in [0.25, 0.3) is 0 Å². The van der Waals surface area contributed by atoms with E-state index in [2.05, 4.69) is 15.3 Å². The van der Waals surface area contributed by atoms with E-state index in [1.165, 1.54) is 24.1 Å². The molecule has 2 unspecified atom stereocenters. The maximum Gasteiger partial charge on any atom is 0.133 e. The monoisotopic (exact) mass is 261 g/mol. The van der Waals surface area contributed by atoms with Crippen molar-refractivity contribution < 1.29 is 5.11 Å². The summed E-state index contributed by atoms with van der Waals surface area (Å²) in [4.78, 5) is 9.14. The summed E-state index contributed by atoms with van der Waals surface area (Å²) >= 11 is 0. The Morgan fingerprint density at radius 2 is 2.00 bits per heavy atom. The van der Waals surface area contributed by atoms with Gasteiger partial charge in [0.15, 0.2) is 0 Å². The van der Waals surface area contributed by atoms with Crippen molar-refractivity contribution in [1.82, 2.24) is 9.97 Å². The summed E-state index contributed by atoms with van der Waals surface area (Å²) in [5.41, 5.74) is 2.54. The van der Waals surface area contributed by atoms with Gasteiger partial charge in [-0.3, -0.25) is 0 Å². The van der Waals surface area contributed by atoms with Gasteiger partial charge >= 0.3 is 0 Å². The Balaban J connectivity index is 1.74. The molecule has 4 heteroatoms. The second kappa shape index (κ2) is 5.45. The molecule has 0 aromatic carbocycles. The zero-order chi connectivity index (χ0) is 13.2. The summed E-state index contributed by atoms with van der Waals surface area (Å²) in [5, 5.41) is 13.4. The van der Waals surface area contributed by atoms with Crippen LogP contribution in [0, 0.1) is 12.8 Å². The van der Waals surface area contributed by atoms with Gasteiger partial charge < -0.3 is 10.4 Å². The molecule has 1 fully saturated rings. The summed E-state index contributed by atoms with van der Waals surface area (Å²) in [6.07, 6.45) is 7.74. The van der Waals surface area contributed by atoms with Crippen LogP contribution in [0.25, 0.3) is 0 Å². The summed E-state index contributed by atoms with van der Waals surface area (Å²) in [7, 11) is 0. The topological polar surface area (TPSA) is 58.0 Å². The molecule has 3 rings (SSSR count). The second-order valence-corrected chi connectivity index (χ2v) is 5.89. The van der Waals surface area contributed by atoms with Crippen molar-refractivity contribution in [3.63, 3.8) is 0 Å². The van der Waals surface area contributed by atoms with E-state index in [0.717, 1.165) is 50.3 Å². The maximum absolute atomic E-state index is 9.89. The molecule has 2 atom stereocenters. The van der Waals surface area contributed by atoms with Gasteiger partial charge in [0, 0.05) is 23.7 Å². The third-order valence-corrected chi connectivity index (χ3v) is 4.45. The predicted molar refractivity (Wildman–Crippen MR) is 75.2 cm³/mol. The van der Waals surface area contributed by atoms with Gasteiger partial charge in [-0.25, -0.2) is 9.97 Å². The van der Waals surface area contributed by atoms with Crippen LogP contribution in [-0.4, -0.2) is 27.7 Å². The first-order valence-electron chi connectivity index (χ1n) is 7.52. The van der Waals surface area contributed by atoms with E-state index in [1.54, 1.807) is 0 Å². The minimum absolute atomic E-state index is 0.133. The third-order valence-electron chi connectivity index (χ3n) is 4.45. The second-order valence-electron chi connectivity index (χ2n) is 5.89. The van der Waals surface area contributed by atoms with Crippen LogP contribution < -0.4 is 5.32 Å². The molecule has 0 saturated heterocycles. The average Bonchev–Trinajstić information content (AvgIpc) is 2.81. The number of fused-ring (bicyclic) bond motifs is 1. The zero-order valence-electron chi connectivity index (χ0n) is 11.7. The third kappa shape index (κ3) is 2.73. The van der Waals surface area contributed by atoms with E-state index in [-0.39, 0.29) is 6.10 Å². The Morgan fingerprint density at radius 1 is 1.16 bits per heavy atom. The van der Waals surface area contributed by atoms with E-state index in [9.17, 15) is 5.11 Å². The largest absolute Gasteiger partial charge is 0.393 e. The van der Waals surface area contributed by atoms with Crippen molar-refractivity contribution in [3.05, 3.63) is 17.1 Å². The zero-order valence-corrected chi connectivity index (χ0v) is 11.7. The molecule has 1 aromatic rings. The number of hydrogen-bond acceptors (Lipinski definition) is 4. The number of aryl methyl sites for hydroxylation is 2. The van der Waals surface area contributed by atoms with Crippen molar-refractivity contribution >= 4 is 5.82 Å². The fourth-order valence-electron chi connectivity index (χ4n) is 3.35. The smallest absolute Gasteiger partial charge is 0.133 e. The predicted octanol–water partition coefficient (Wildman–Crippen LogP) is 2.24. The highest BCUT2D eigenvalue weighted by Gasteiger charge is 2.25. The molecule has 0 radical (unpaired) electrons. The van der Waals surface area contributed by atoms with Gasteiger partial charge in [-0.2, -0.15) is 0 Å². The lowest BCUT2D eigenvalue weighted by Crippen LogP contribution is -2.23. The highest BCUT2D eigenvalue weighted by molar-refractivity contribution is 5.47. The molecule has 2 N–H and O–H groups in total. The van der Waals surface area contributed by atoms with Crippen molar-refractivity contribution in [2.75, 3.05) is 11.9 Å². The summed E-state index contributed by atoms with van der Waals surface area (Å²) in [6, 6.07) is 0. The lowest BCUT2D eigenvalue weighted by Gasteiger charge is -2.21. The van der Waals surface area contributed by atoms with Gasteiger partial charge in [0.1, 0.15) is 11.6 Å². The normalized spacial score (nSPS) is 26.2. The Bertz CT molecular complexity index is 461. The van der Waals surface area contributed by atoms with Crippen LogP contribution in [0.1, 0.15) is 49.2 Å². The van der Waals surface area contributed by atoms with Crippen LogP contribution in [0.15, 0.2) is 0 Å². The number of aromatic nitrogens is 2. The molecule has 2 aliphatic rings. The van der Waals surface area contributed by atoms with Crippen molar-refractivity contribution in [3.8, 4) is 0 Å². The van der Waals surface area contributed by atoms with E-state index in [1.807, 2.05) is 6.92 Å². The van der Waals surface area contributed by atoms with E-state index >= 15 is 0 Å². The molecule has 2 aliphatic carbocycles. The number of rotatable bonds is 3. The molecule has 1 saturated carbocycles. The molecule has 4 nitrogen and oxygen atoms in total. The number of anilines is 1. The van der Waals surface area contributed by atoms with Crippen LogP contribution in [0.3, 0.4) is 0 Å². The lowest BCUT2D eigenvalue weighted by atomic mass is 9.96. The quantitative estimate of drug-likeness (QED) is 0.876. The fourth-order valence-corrected chi connectivity index (χ4v) is 3.35. The molecule has 1 heterocycles. The highest BCUT2D eigenvalue weighted by Crippen LogP contribution is 2.28. The highest BCUT2D eigenvalue weighted by atomic mass is 16.3. The number of hydrogen-bond donors (Lipinski definition) is 2. The first kappa shape index (κ1) is 12.9. The maximum atomic E-state index is 9.89. The van der Waals surface area contributed by atoms with E-state index in [4.69, 9.17) is 0 Å². The van der Waals surface area contributed by atoms with Crippen LogP contribution in [0.5, 0.6) is 0 Å². The van der Waals surface area contributed by atoms with Gasteiger partial charge in [0.2, 0.25) is 0 Å². The fraction of sp³-hybridized carbons (Fsp3) is 0.733. The average molecular weight is 261 g/mol. The van der Waals surface area contributed by atoms with Crippen molar-refractivity contribution in [1.29, 1.82) is 0 Å². The molecule has 0 aliphatic heterocycles. The Kier molecular flexibility index (Phi) is 3.69. The first-order valence-corrected chi connectivity index (χ1v) is 7.52. The lowest BCUT2D eigenvalue weighted by molar-refractivity contribution is 0.138. The van der Waals surface area contributed by atoms with Gasteiger partial charge in [0.05, 0.1) is 6.10 Å². The van der Waals surface area contributed by atoms with E-state index < -0.39 is 0 Å². The molecular weight excluding hydrogens is 238 g/mol. The van der Waals surface area contributed by atoms with Gasteiger partial charge in [-0.15, -0.1) is 0 Å². The summed E-state index contributed by atoms with van der Waals surface area (Å²) < 4.78 is 0. The van der Waals surface area contributed by atoms with Gasteiger partial charge in [-0.1, -0.05) is 6.42 Å². The van der Waals surface area contributed by atoms with Crippen LogP contribution >= 0.6 is 0 Å². The standard InChI is InChI=1S/C15H23N3O/c1-10-17-13-7-3-2-6-12(13)15(18-10)16-9-11-5-4-8-14(11)19/h11,14,19H,2-9H2,1H3,(H,16,17,18). The van der Waals surface area contributed by atoms with Crippen LogP contribution in [0.2, 0.25) is 0 Å². The molecule has 104 valence electrons. The number of nitrogens with zero attached hydrogens (tertiary/aromatic N) is 2. The summed E-state index contributed by atoms with van der Waals surface area (Å²) in [6.45, 7) is 2.80. The molecule has 1 aromatic heterocycles. The number of nitrogens with one attached hydrogen (secondary N) is 1. The molecule has 0 amide bonds. The van der Waals surface area contributed by atoms with Crippen LogP contribution in [-0.2, 0) is 12.8 Å². The van der Waals surface area contributed by atoms with Crippen molar-refractivity contribution in [2.45, 2.75) is 58.0 Å². The van der Waals surface area contributed by atoms with Crippen LogP contribution in [0.4, 0.5) is 5.82 Å². The van der Waals surface area contributed by atoms with E-state index in [0.29, 0.717) is 5.92 Å². The molecule has 0 bridgehead atoms. The minimum Gasteiger partial charge on any atom is -0.393 e. The summed E-state index contributed by atoms with van der Waals surface area (Å²) in [5.74, 6) is 2.26. The number of aliphatic hydroxyl groups excluding tert-OH is 1. The Labute approximate surface area is 114 Å². The number of aliphatic hydroxyl groups is 1. The Morgan fingerprint density at radius 3 is 2.79 bits per heavy atom. The SMILES string of the molecule is Cc1nc2c(c(NCC3CCCC3O)n1)CCCC2. The minimum atomic E-state index is -0.133. The van der Waals surface area contributed by atoms with Gasteiger partial charge in [-0.05, 0) is 45.4 Å². The molecule has 19 heavy (non-hydrogen) atoms.